The van der Waals surface area contributed by atoms with Gasteiger partial charge in [-0.15, -0.1) is 0 Å². The summed E-state index contributed by atoms with van der Waals surface area (Å²) in [6.07, 6.45) is 1.52. The molecule has 144 valence electrons. The van der Waals surface area contributed by atoms with Crippen molar-refractivity contribution in [2.24, 2.45) is 5.92 Å². The van der Waals surface area contributed by atoms with Crippen molar-refractivity contribution in [2.75, 3.05) is 6.61 Å². The molecule has 0 unspecified atom stereocenters. The third kappa shape index (κ3) is 6.89. The standard InChI is InChI=1S/C23H29NO3/c1-5-19(21(24)22(25)27-23(2,3)4)16-26-20-13-11-18(12-14-20)15-17-9-7-6-8-10-17/h6-14,19,24H,5,15-16H2,1-4H3/t19-/m0/s1. The highest BCUT2D eigenvalue weighted by Gasteiger charge is 2.26. The molecule has 0 aliphatic rings. The fourth-order valence-electron chi connectivity index (χ4n) is 2.64. The fraction of sp³-hybridized carbons (Fsp3) is 0.391. The molecule has 2 aromatic carbocycles. The lowest BCUT2D eigenvalue weighted by Crippen LogP contribution is -2.34. The SMILES string of the molecule is CC[C@@H](COc1ccc(Cc2ccccc2)cc1)C(=N)C(=O)OC(C)(C)C. The molecule has 0 spiro atoms. The topological polar surface area (TPSA) is 59.4 Å². The summed E-state index contributed by atoms with van der Waals surface area (Å²) in [6.45, 7) is 7.62. The van der Waals surface area contributed by atoms with Crippen LogP contribution in [0, 0.1) is 11.3 Å². The molecule has 4 heteroatoms. The second kappa shape index (κ2) is 9.36. The van der Waals surface area contributed by atoms with Gasteiger partial charge in [0.2, 0.25) is 0 Å². The lowest BCUT2D eigenvalue weighted by molar-refractivity contribution is -0.146. The van der Waals surface area contributed by atoms with Gasteiger partial charge in [-0.3, -0.25) is 5.41 Å². The van der Waals surface area contributed by atoms with E-state index in [2.05, 4.69) is 12.1 Å². The smallest absolute Gasteiger partial charge is 0.352 e. The molecule has 0 aliphatic carbocycles. The number of hydrogen-bond acceptors (Lipinski definition) is 4. The minimum atomic E-state index is -0.600. The Morgan fingerprint density at radius 2 is 1.59 bits per heavy atom. The van der Waals surface area contributed by atoms with Crippen molar-refractivity contribution >= 4 is 11.7 Å². The molecule has 0 bridgehead atoms. The number of carbonyl (C=O) groups is 1. The van der Waals surface area contributed by atoms with Crippen LogP contribution in [0.3, 0.4) is 0 Å². The van der Waals surface area contributed by atoms with Crippen molar-refractivity contribution < 1.29 is 14.3 Å². The van der Waals surface area contributed by atoms with Gasteiger partial charge in [0.1, 0.15) is 17.1 Å². The third-order valence-electron chi connectivity index (χ3n) is 4.15. The van der Waals surface area contributed by atoms with Crippen molar-refractivity contribution in [1.29, 1.82) is 5.41 Å². The van der Waals surface area contributed by atoms with E-state index in [0.717, 1.165) is 12.2 Å². The summed E-state index contributed by atoms with van der Waals surface area (Å²) in [4.78, 5) is 12.1. The zero-order valence-electron chi connectivity index (χ0n) is 16.6. The van der Waals surface area contributed by atoms with Crippen LogP contribution in [0.2, 0.25) is 0 Å². The van der Waals surface area contributed by atoms with Gasteiger partial charge in [0.15, 0.2) is 0 Å². The number of carbonyl (C=O) groups excluding carboxylic acids is 1. The molecule has 0 amide bonds. The summed E-state index contributed by atoms with van der Waals surface area (Å²) in [5, 5.41) is 8.10. The van der Waals surface area contributed by atoms with Crippen LogP contribution in [0.4, 0.5) is 0 Å². The maximum absolute atomic E-state index is 12.1. The Kier molecular flexibility index (Phi) is 7.17. The van der Waals surface area contributed by atoms with Crippen LogP contribution < -0.4 is 4.74 Å². The van der Waals surface area contributed by atoms with E-state index >= 15 is 0 Å². The Balaban J connectivity index is 1.90. The molecule has 0 fully saturated rings. The Bertz CT molecular complexity index is 745. The molecular formula is C23H29NO3. The summed E-state index contributed by atoms with van der Waals surface area (Å²) in [5.41, 5.74) is 1.84. The van der Waals surface area contributed by atoms with E-state index in [-0.39, 0.29) is 18.2 Å². The number of esters is 1. The predicted octanol–water partition coefficient (Wildman–Crippen LogP) is 5.04. The number of rotatable bonds is 8. The molecule has 0 aromatic heterocycles. The van der Waals surface area contributed by atoms with Gasteiger partial charge < -0.3 is 9.47 Å². The largest absolute Gasteiger partial charge is 0.493 e. The van der Waals surface area contributed by atoms with Crippen LogP contribution in [-0.4, -0.2) is 23.9 Å². The van der Waals surface area contributed by atoms with Crippen LogP contribution in [0.5, 0.6) is 5.75 Å². The molecule has 1 N–H and O–H groups in total. The molecule has 0 radical (unpaired) electrons. The molecule has 4 nitrogen and oxygen atoms in total. The van der Waals surface area contributed by atoms with Gasteiger partial charge in [0.25, 0.3) is 0 Å². The summed E-state index contributed by atoms with van der Waals surface area (Å²) < 4.78 is 11.1. The minimum absolute atomic E-state index is 0.0341. The van der Waals surface area contributed by atoms with Gasteiger partial charge in [-0.1, -0.05) is 49.4 Å². The normalized spacial score (nSPS) is 12.3. The molecule has 1 atom stereocenters. The minimum Gasteiger partial charge on any atom is -0.493 e. The van der Waals surface area contributed by atoms with Crippen LogP contribution >= 0.6 is 0 Å². The average molecular weight is 367 g/mol. The van der Waals surface area contributed by atoms with Gasteiger partial charge in [-0.05, 0) is 56.9 Å². The molecule has 27 heavy (non-hydrogen) atoms. The summed E-state index contributed by atoms with van der Waals surface area (Å²) in [6, 6.07) is 18.3. The third-order valence-corrected chi connectivity index (χ3v) is 4.15. The van der Waals surface area contributed by atoms with E-state index in [1.807, 2.05) is 49.4 Å². The van der Waals surface area contributed by atoms with Gasteiger partial charge in [-0.2, -0.15) is 0 Å². The van der Waals surface area contributed by atoms with Gasteiger partial charge in [0.05, 0.1) is 6.61 Å². The lowest BCUT2D eigenvalue weighted by Gasteiger charge is -2.22. The fourth-order valence-corrected chi connectivity index (χ4v) is 2.64. The van der Waals surface area contributed by atoms with E-state index in [1.165, 1.54) is 11.1 Å². The predicted molar refractivity (Wildman–Crippen MR) is 109 cm³/mol. The zero-order valence-corrected chi connectivity index (χ0v) is 16.6. The number of benzene rings is 2. The summed E-state index contributed by atoms with van der Waals surface area (Å²) in [7, 11) is 0. The van der Waals surface area contributed by atoms with Crippen LogP contribution in [0.15, 0.2) is 54.6 Å². The van der Waals surface area contributed by atoms with Gasteiger partial charge >= 0.3 is 5.97 Å². The molecule has 0 saturated carbocycles. The first-order valence-corrected chi connectivity index (χ1v) is 9.36. The number of ether oxygens (including phenoxy) is 2. The Labute approximate surface area is 162 Å². The van der Waals surface area contributed by atoms with Gasteiger partial charge in [0, 0.05) is 5.92 Å². The van der Waals surface area contributed by atoms with Crippen molar-refractivity contribution in [3.05, 3.63) is 65.7 Å². The Morgan fingerprint density at radius 3 is 2.15 bits per heavy atom. The van der Waals surface area contributed by atoms with E-state index in [4.69, 9.17) is 14.9 Å². The second-order valence-electron chi connectivity index (χ2n) is 7.64. The van der Waals surface area contributed by atoms with Crippen LogP contribution in [0.25, 0.3) is 0 Å². The van der Waals surface area contributed by atoms with Crippen LogP contribution in [0.1, 0.15) is 45.2 Å². The molecule has 2 rings (SSSR count). The highest BCUT2D eigenvalue weighted by atomic mass is 16.6. The first-order chi connectivity index (χ1) is 12.8. The summed E-state index contributed by atoms with van der Waals surface area (Å²) >= 11 is 0. The van der Waals surface area contributed by atoms with Crippen molar-refractivity contribution in [2.45, 2.75) is 46.1 Å². The maximum Gasteiger partial charge on any atom is 0.352 e. The quantitative estimate of drug-likeness (QED) is 0.525. The highest BCUT2D eigenvalue weighted by molar-refractivity contribution is 6.36. The number of hydrogen-bond donors (Lipinski definition) is 1. The Hall–Kier alpha value is -2.62. The van der Waals surface area contributed by atoms with Crippen molar-refractivity contribution in [1.82, 2.24) is 0 Å². The van der Waals surface area contributed by atoms with Crippen molar-refractivity contribution in [3.8, 4) is 5.75 Å². The first-order valence-electron chi connectivity index (χ1n) is 9.36. The monoisotopic (exact) mass is 367 g/mol. The molecule has 2 aromatic rings. The highest BCUT2D eigenvalue weighted by Crippen LogP contribution is 2.18. The molecule has 0 saturated heterocycles. The Morgan fingerprint density at radius 1 is 1.00 bits per heavy atom. The van der Waals surface area contributed by atoms with E-state index < -0.39 is 11.6 Å². The number of nitrogens with one attached hydrogen (secondary N) is 1. The van der Waals surface area contributed by atoms with Gasteiger partial charge in [-0.25, -0.2) is 4.79 Å². The second-order valence-corrected chi connectivity index (χ2v) is 7.64. The first kappa shape index (κ1) is 20.7. The average Bonchev–Trinajstić information content (AvgIpc) is 2.63. The van der Waals surface area contributed by atoms with E-state index in [9.17, 15) is 4.79 Å². The molecule has 0 heterocycles. The van der Waals surface area contributed by atoms with Crippen molar-refractivity contribution in [3.63, 3.8) is 0 Å². The van der Waals surface area contributed by atoms with Crippen LogP contribution in [-0.2, 0) is 16.0 Å². The molecular weight excluding hydrogens is 338 g/mol. The zero-order chi connectivity index (χ0) is 19.9. The van der Waals surface area contributed by atoms with E-state index in [0.29, 0.717) is 6.42 Å². The summed E-state index contributed by atoms with van der Waals surface area (Å²) in [5.74, 6) is -0.123. The maximum atomic E-state index is 12.1. The van der Waals surface area contributed by atoms with E-state index in [1.54, 1.807) is 20.8 Å². The lowest BCUT2D eigenvalue weighted by atomic mass is 10.0. The molecule has 0 aliphatic heterocycles.